The maximum absolute atomic E-state index is 10.1. The molecule has 0 bridgehead atoms. The van der Waals surface area contributed by atoms with Gasteiger partial charge in [0.05, 0.1) is 11.8 Å². The Labute approximate surface area is 89.0 Å². The molecular formula is C11H16NOS. The fourth-order valence-electron chi connectivity index (χ4n) is 2.10. The van der Waals surface area contributed by atoms with Crippen LogP contribution in [0, 0.1) is 5.51 Å². The van der Waals surface area contributed by atoms with Crippen LogP contribution in [0.2, 0.25) is 0 Å². The van der Waals surface area contributed by atoms with Gasteiger partial charge in [-0.3, -0.25) is 0 Å². The second-order valence-electron chi connectivity index (χ2n) is 5.31. The van der Waals surface area contributed by atoms with Crippen molar-refractivity contribution in [1.29, 1.82) is 0 Å². The van der Waals surface area contributed by atoms with Gasteiger partial charge in [0.1, 0.15) is 0 Å². The van der Waals surface area contributed by atoms with Gasteiger partial charge in [0.2, 0.25) is 0 Å². The Hall–Kier alpha value is -0.410. The number of rotatable bonds is 0. The topological polar surface area (TPSA) is 33.1 Å². The molecule has 3 heteroatoms. The molecule has 77 valence electrons. The Morgan fingerprint density at radius 1 is 1.43 bits per heavy atom. The summed E-state index contributed by atoms with van der Waals surface area (Å²) in [6, 6.07) is 0. The first-order valence-corrected chi connectivity index (χ1v) is 5.73. The number of thiazole rings is 1. The lowest BCUT2D eigenvalue weighted by atomic mass is 9.67. The number of fused-ring (bicyclic) bond motifs is 1. The lowest BCUT2D eigenvalue weighted by Gasteiger charge is -2.41. The van der Waals surface area contributed by atoms with Crippen LogP contribution in [0.4, 0.5) is 0 Å². The van der Waals surface area contributed by atoms with Gasteiger partial charge < -0.3 is 5.11 Å². The van der Waals surface area contributed by atoms with E-state index >= 15 is 0 Å². The van der Waals surface area contributed by atoms with E-state index in [2.05, 4.69) is 38.2 Å². The highest BCUT2D eigenvalue weighted by molar-refractivity contribution is 7.09. The Kier molecular flexibility index (Phi) is 2.02. The molecule has 0 aromatic carbocycles. The van der Waals surface area contributed by atoms with E-state index in [1.807, 2.05) is 0 Å². The van der Waals surface area contributed by atoms with E-state index in [1.165, 1.54) is 4.88 Å². The molecule has 1 aliphatic carbocycles. The smallest absolute Gasteiger partial charge is 0.152 e. The third kappa shape index (κ3) is 1.22. The van der Waals surface area contributed by atoms with Crippen LogP contribution >= 0.6 is 11.3 Å². The van der Waals surface area contributed by atoms with Gasteiger partial charge in [-0.15, -0.1) is 11.3 Å². The normalized spacial score (nSPS) is 28.5. The van der Waals surface area contributed by atoms with Gasteiger partial charge in [-0.25, -0.2) is 4.98 Å². The lowest BCUT2D eigenvalue weighted by Crippen LogP contribution is -2.44. The fraction of sp³-hybridized carbons (Fsp3) is 0.727. The van der Waals surface area contributed by atoms with Gasteiger partial charge in [-0.1, -0.05) is 27.7 Å². The lowest BCUT2D eigenvalue weighted by molar-refractivity contribution is 0.0574. The van der Waals surface area contributed by atoms with Crippen LogP contribution in [0.3, 0.4) is 0 Å². The number of hydrogen-bond donors (Lipinski definition) is 1. The van der Waals surface area contributed by atoms with Crippen molar-refractivity contribution in [3.05, 3.63) is 16.1 Å². The largest absolute Gasteiger partial charge is 0.392 e. The highest BCUT2D eigenvalue weighted by Gasteiger charge is 2.45. The molecule has 2 nitrogen and oxygen atoms in total. The van der Waals surface area contributed by atoms with E-state index in [0.29, 0.717) is 0 Å². The highest BCUT2D eigenvalue weighted by atomic mass is 32.1. The van der Waals surface area contributed by atoms with Gasteiger partial charge in [0.15, 0.2) is 5.51 Å². The Bertz CT molecular complexity index is 354. The summed E-state index contributed by atoms with van der Waals surface area (Å²) < 4.78 is 0. The zero-order valence-electron chi connectivity index (χ0n) is 9.09. The zero-order valence-corrected chi connectivity index (χ0v) is 9.90. The van der Waals surface area contributed by atoms with Gasteiger partial charge in [-0.2, -0.15) is 0 Å². The molecule has 1 unspecified atom stereocenters. The van der Waals surface area contributed by atoms with Crippen LogP contribution in [0.15, 0.2) is 0 Å². The summed E-state index contributed by atoms with van der Waals surface area (Å²) in [6.45, 7) is 8.44. The number of aliphatic hydroxyl groups is 1. The quantitative estimate of drug-likeness (QED) is 0.712. The van der Waals surface area contributed by atoms with E-state index < -0.39 is 0 Å². The summed E-state index contributed by atoms with van der Waals surface area (Å²) in [7, 11) is 0. The molecule has 0 aliphatic heterocycles. The van der Waals surface area contributed by atoms with Gasteiger partial charge >= 0.3 is 0 Å². The van der Waals surface area contributed by atoms with Crippen molar-refractivity contribution in [2.24, 2.45) is 0 Å². The van der Waals surface area contributed by atoms with Crippen LogP contribution in [0.1, 0.15) is 44.7 Å². The maximum atomic E-state index is 10.1. The molecule has 0 spiro atoms. The van der Waals surface area contributed by atoms with E-state index in [0.717, 1.165) is 12.1 Å². The molecule has 14 heavy (non-hydrogen) atoms. The third-order valence-electron chi connectivity index (χ3n) is 3.28. The molecule has 0 saturated heterocycles. The van der Waals surface area contributed by atoms with Crippen molar-refractivity contribution in [3.63, 3.8) is 0 Å². The maximum Gasteiger partial charge on any atom is 0.152 e. The summed E-state index contributed by atoms with van der Waals surface area (Å²) in [4.78, 5) is 5.57. The molecule has 1 aromatic heterocycles. The van der Waals surface area contributed by atoms with Crippen molar-refractivity contribution in [2.45, 2.75) is 51.0 Å². The molecule has 1 aliphatic rings. The van der Waals surface area contributed by atoms with Gasteiger partial charge in [-0.05, 0) is 6.42 Å². The van der Waals surface area contributed by atoms with Crippen molar-refractivity contribution in [3.8, 4) is 0 Å². The third-order valence-corrected chi connectivity index (χ3v) is 4.41. The molecular weight excluding hydrogens is 194 g/mol. The molecule has 1 radical (unpaired) electrons. The van der Waals surface area contributed by atoms with Crippen molar-refractivity contribution < 1.29 is 5.11 Å². The van der Waals surface area contributed by atoms with Crippen LogP contribution in [0.5, 0.6) is 0 Å². The van der Waals surface area contributed by atoms with E-state index in [1.54, 1.807) is 11.3 Å². The molecule has 2 rings (SSSR count). The van der Waals surface area contributed by atoms with E-state index in [-0.39, 0.29) is 16.9 Å². The average Bonchev–Trinajstić information content (AvgIpc) is 2.49. The standard InChI is InChI=1S/C11H16NOS/c1-10(2)5-7(13)11(3,4)8-9(10)14-6-12-8/h7,13H,5H2,1-4H3. The minimum Gasteiger partial charge on any atom is -0.392 e. The number of aromatic nitrogens is 1. The first-order valence-electron chi connectivity index (χ1n) is 4.91. The molecule has 0 amide bonds. The van der Waals surface area contributed by atoms with Crippen molar-refractivity contribution in [2.75, 3.05) is 0 Å². The Balaban J connectivity index is 2.59. The first kappa shape index (κ1) is 10.1. The number of aliphatic hydroxyl groups excluding tert-OH is 1. The SMILES string of the molecule is CC1(C)CC(O)C(C)(C)c2n[c]sc21. The van der Waals surface area contributed by atoms with Gasteiger partial charge in [0.25, 0.3) is 0 Å². The Morgan fingerprint density at radius 3 is 2.71 bits per heavy atom. The summed E-state index contributed by atoms with van der Waals surface area (Å²) in [5.74, 6) is 0. The molecule has 1 atom stereocenters. The van der Waals surface area contributed by atoms with Crippen LogP contribution in [-0.4, -0.2) is 16.2 Å². The summed E-state index contributed by atoms with van der Waals surface area (Å²) in [5, 5.41) is 10.1. The molecule has 1 aromatic rings. The zero-order chi connectivity index (χ0) is 10.6. The second kappa shape index (κ2) is 2.80. The van der Waals surface area contributed by atoms with Crippen molar-refractivity contribution >= 4 is 11.3 Å². The average molecular weight is 210 g/mol. The van der Waals surface area contributed by atoms with Gasteiger partial charge in [0, 0.05) is 15.7 Å². The highest BCUT2D eigenvalue weighted by Crippen LogP contribution is 2.46. The van der Waals surface area contributed by atoms with Crippen molar-refractivity contribution in [1.82, 2.24) is 4.98 Å². The summed E-state index contributed by atoms with van der Waals surface area (Å²) in [5.41, 5.74) is 3.81. The monoisotopic (exact) mass is 210 g/mol. The molecule has 1 N–H and O–H groups in total. The predicted octanol–water partition coefficient (Wildman–Crippen LogP) is 2.26. The summed E-state index contributed by atoms with van der Waals surface area (Å²) >= 11 is 1.59. The number of hydrogen-bond acceptors (Lipinski definition) is 3. The minimum atomic E-state index is -0.305. The molecule has 1 heterocycles. The van der Waals surface area contributed by atoms with Crippen LogP contribution in [0.25, 0.3) is 0 Å². The predicted molar refractivity (Wildman–Crippen MR) is 57.6 cm³/mol. The molecule has 0 fully saturated rings. The second-order valence-corrected chi connectivity index (χ2v) is 6.10. The summed E-state index contributed by atoms with van der Waals surface area (Å²) in [6.07, 6.45) is 0.503. The minimum absolute atomic E-state index is 0.0436. The van der Waals surface area contributed by atoms with Crippen LogP contribution < -0.4 is 0 Å². The number of nitrogens with zero attached hydrogens (tertiary/aromatic N) is 1. The van der Waals surface area contributed by atoms with E-state index in [4.69, 9.17) is 0 Å². The Morgan fingerprint density at radius 2 is 2.07 bits per heavy atom. The fourth-order valence-corrected chi connectivity index (χ4v) is 3.09. The van der Waals surface area contributed by atoms with E-state index in [9.17, 15) is 5.11 Å². The first-order chi connectivity index (χ1) is 6.36. The molecule has 0 saturated carbocycles. The van der Waals surface area contributed by atoms with Crippen LogP contribution in [-0.2, 0) is 10.8 Å².